The highest BCUT2D eigenvalue weighted by Gasteiger charge is 2.04. The number of carboxylic acids is 1. The van der Waals surface area contributed by atoms with E-state index in [0.717, 1.165) is 0 Å². The molecule has 21 heavy (non-hydrogen) atoms. The van der Waals surface area contributed by atoms with Crippen LogP contribution in [0.3, 0.4) is 0 Å². The first kappa shape index (κ1) is 22.2. The summed E-state index contributed by atoms with van der Waals surface area (Å²) in [5.41, 5.74) is 0. The van der Waals surface area contributed by atoms with Gasteiger partial charge in [-0.05, 0) is 32.6 Å². The predicted molar refractivity (Wildman–Crippen MR) is 80.6 cm³/mol. The molecule has 0 aliphatic heterocycles. The number of aliphatic carboxylic acids is 1. The van der Waals surface area contributed by atoms with Crippen LogP contribution < -0.4 is 0 Å². The number of hydrogen-bond acceptors (Lipinski definition) is 5. The summed E-state index contributed by atoms with van der Waals surface area (Å²) in [6, 6.07) is 0. The first-order chi connectivity index (χ1) is 9.56. The number of ether oxygens (including phenoxy) is 2. The lowest BCUT2D eigenvalue weighted by Crippen LogP contribution is -2.08. The van der Waals surface area contributed by atoms with E-state index >= 15 is 0 Å². The van der Waals surface area contributed by atoms with Crippen LogP contribution in [0.4, 0.5) is 0 Å². The average Bonchev–Trinajstić information content (AvgIpc) is 2.39. The quantitative estimate of drug-likeness (QED) is 0.266. The number of allylic oxidation sites excluding steroid dienone is 1. The summed E-state index contributed by atoms with van der Waals surface area (Å²) in [4.78, 5) is 32.4. The number of carbonyl (C=O) groups excluding carboxylic acids is 2. The molecule has 0 aliphatic carbocycles. The van der Waals surface area contributed by atoms with E-state index < -0.39 is 5.97 Å². The van der Waals surface area contributed by atoms with Crippen molar-refractivity contribution in [2.75, 3.05) is 13.2 Å². The van der Waals surface area contributed by atoms with Crippen molar-refractivity contribution in [1.29, 1.82) is 0 Å². The molecule has 1 N–H and O–H groups in total. The van der Waals surface area contributed by atoms with Crippen molar-refractivity contribution in [2.24, 2.45) is 0 Å². The maximum Gasteiger partial charge on any atom is 0.330 e. The Morgan fingerprint density at radius 3 is 2.10 bits per heavy atom. The summed E-state index contributed by atoms with van der Waals surface area (Å²) in [6.45, 7) is 2.33. The van der Waals surface area contributed by atoms with Crippen molar-refractivity contribution in [3.05, 3.63) is 12.2 Å². The zero-order valence-electron chi connectivity index (χ0n) is 11.8. The molecule has 0 spiro atoms. The molecule has 0 rings (SSSR count). The fraction of sp³-hybridized carbons (Fsp3) is 0.643. The summed E-state index contributed by atoms with van der Waals surface area (Å²) in [5, 5.41) is 8.42. The molecule has 0 saturated heterocycles. The molecule has 0 saturated carbocycles. The van der Waals surface area contributed by atoms with Gasteiger partial charge < -0.3 is 14.6 Å². The molecule has 0 amide bonds. The van der Waals surface area contributed by atoms with Crippen LogP contribution in [-0.4, -0.2) is 59.3 Å². The largest absolute Gasteiger partial charge is 0.481 e. The van der Waals surface area contributed by atoms with Gasteiger partial charge in [0.05, 0.1) is 13.2 Å². The molecule has 0 aliphatic rings. The zero-order valence-corrected chi connectivity index (χ0v) is 11.8. The number of carboxylic acid groups (broad SMARTS) is 1. The summed E-state index contributed by atoms with van der Waals surface area (Å²) >= 11 is 0. The van der Waals surface area contributed by atoms with Crippen molar-refractivity contribution in [3.63, 3.8) is 0 Å². The molecular weight excluding hydrogens is 288 g/mol. The Morgan fingerprint density at radius 2 is 1.52 bits per heavy atom. The third-order valence-corrected chi connectivity index (χ3v) is 2.37. The van der Waals surface area contributed by atoms with Crippen molar-refractivity contribution >= 4 is 41.0 Å². The van der Waals surface area contributed by atoms with Crippen molar-refractivity contribution in [2.45, 2.75) is 45.4 Å². The van der Waals surface area contributed by atoms with Crippen LogP contribution in [0.2, 0.25) is 0 Å². The first-order valence-electron chi connectivity index (χ1n) is 6.73. The Labute approximate surface area is 141 Å². The SMILES string of the molecule is CC=CC(=O)OCCCCOC(=O)CCCCC(=O)O.[MgH2]. The number of carbonyl (C=O) groups is 3. The average molecular weight is 313 g/mol. The third kappa shape index (κ3) is 16.9. The molecule has 0 radical (unpaired) electrons. The third-order valence-electron chi connectivity index (χ3n) is 2.37. The smallest absolute Gasteiger partial charge is 0.330 e. The van der Waals surface area contributed by atoms with Crippen molar-refractivity contribution in [3.8, 4) is 0 Å². The van der Waals surface area contributed by atoms with Gasteiger partial charge in [-0.2, -0.15) is 0 Å². The summed E-state index contributed by atoms with van der Waals surface area (Å²) in [7, 11) is 0. The molecule has 0 fully saturated rings. The zero-order chi connectivity index (χ0) is 15.2. The molecule has 0 aromatic carbocycles. The van der Waals surface area contributed by atoms with Gasteiger partial charge in [0, 0.05) is 18.9 Å². The second kappa shape index (κ2) is 15.3. The minimum absolute atomic E-state index is 0. The van der Waals surface area contributed by atoms with E-state index in [-0.39, 0.29) is 47.8 Å². The predicted octanol–water partition coefficient (Wildman–Crippen LogP) is 1.16. The Balaban J connectivity index is 0. The topological polar surface area (TPSA) is 89.9 Å². The van der Waals surface area contributed by atoms with E-state index in [1.807, 2.05) is 0 Å². The lowest BCUT2D eigenvalue weighted by atomic mass is 10.2. The highest BCUT2D eigenvalue weighted by atomic mass is 24.3. The summed E-state index contributed by atoms with van der Waals surface area (Å²) in [6.07, 6.45) is 5.52. The van der Waals surface area contributed by atoms with Gasteiger partial charge >= 0.3 is 41.0 Å². The van der Waals surface area contributed by atoms with Crippen LogP contribution in [-0.2, 0) is 23.9 Å². The Morgan fingerprint density at radius 1 is 0.952 bits per heavy atom. The maximum atomic E-state index is 11.2. The molecule has 0 heterocycles. The maximum absolute atomic E-state index is 11.2. The van der Waals surface area contributed by atoms with Gasteiger partial charge in [-0.3, -0.25) is 9.59 Å². The summed E-state index contributed by atoms with van der Waals surface area (Å²) in [5.74, 6) is -1.55. The molecule has 0 aromatic heterocycles. The second-order valence-electron chi connectivity index (χ2n) is 4.20. The Bertz CT molecular complexity index is 340. The monoisotopic (exact) mass is 312 g/mol. The molecule has 0 unspecified atom stereocenters. The van der Waals surface area contributed by atoms with Gasteiger partial charge in [-0.25, -0.2) is 4.79 Å². The van der Waals surface area contributed by atoms with Crippen LogP contribution >= 0.6 is 0 Å². The molecule has 7 heteroatoms. The van der Waals surface area contributed by atoms with E-state index in [9.17, 15) is 14.4 Å². The highest BCUT2D eigenvalue weighted by molar-refractivity contribution is 5.81. The van der Waals surface area contributed by atoms with Crippen molar-refractivity contribution in [1.82, 2.24) is 0 Å². The van der Waals surface area contributed by atoms with Crippen LogP contribution in [0, 0.1) is 0 Å². The molecular formula is C14H24MgO6. The molecule has 0 bridgehead atoms. The Kier molecular flexibility index (Phi) is 16.2. The van der Waals surface area contributed by atoms with E-state index in [4.69, 9.17) is 14.6 Å². The van der Waals surface area contributed by atoms with Crippen LogP contribution in [0.1, 0.15) is 45.4 Å². The van der Waals surface area contributed by atoms with Gasteiger partial charge in [0.2, 0.25) is 0 Å². The van der Waals surface area contributed by atoms with E-state index in [0.29, 0.717) is 38.9 Å². The van der Waals surface area contributed by atoms with Crippen LogP contribution in [0.5, 0.6) is 0 Å². The van der Waals surface area contributed by atoms with Gasteiger partial charge in [0.25, 0.3) is 0 Å². The van der Waals surface area contributed by atoms with Crippen molar-refractivity contribution < 1.29 is 29.0 Å². The minimum atomic E-state index is -0.856. The van der Waals surface area contributed by atoms with Gasteiger partial charge in [-0.1, -0.05) is 6.08 Å². The minimum Gasteiger partial charge on any atom is -0.481 e. The fourth-order valence-corrected chi connectivity index (χ4v) is 1.36. The van der Waals surface area contributed by atoms with Crippen LogP contribution in [0.15, 0.2) is 12.2 Å². The normalized spacial score (nSPS) is 9.95. The fourth-order valence-electron chi connectivity index (χ4n) is 1.36. The van der Waals surface area contributed by atoms with E-state index in [1.165, 1.54) is 6.08 Å². The number of unbranched alkanes of at least 4 members (excludes halogenated alkanes) is 2. The molecule has 0 atom stereocenters. The van der Waals surface area contributed by atoms with Crippen LogP contribution in [0.25, 0.3) is 0 Å². The van der Waals surface area contributed by atoms with Gasteiger partial charge in [0.15, 0.2) is 0 Å². The molecule has 6 nitrogen and oxygen atoms in total. The van der Waals surface area contributed by atoms with E-state index in [2.05, 4.69) is 0 Å². The lowest BCUT2D eigenvalue weighted by molar-refractivity contribution is -0.145. The molecule has 118 valence electrons. The standard InChI is InChI=1S/C14H22O6.Mg.2H/c1-2-7-13(17)19-10-5-6-11-20-14(18)9-4-3-8-12(15)16;;;/h2,7H,3-6,8-11H2,1H3,(H,15,16);;;. The van der Waals surface area contributed by atoms with Gasteiger partial charge in [-0.15, -0.1) is 0 Å². The van der Waals surface area contributed by atoms with Gasteiger partial charge in [0.1, 0.15) is 0 Å². The molecule has 0 aromatic rings. The van der Waals surface area contributed by atoms with E-state index in [1.54, 1.807) is 13.0 Å². The number of rotatable bonds is 11. The number of hydrogen-bond donors (Lipinski definition) is 1. The lowest BCUT2D eigenvalue weighted by Gasteiger charge is -2.05. The second-order valence-corrected chi connectivity index (χ2v) is 4.20. The first-order valence-corrected chi connectivity index (χ1v) is 6.73. The highest BCUT2D eigenvalue weighted by Crippen LogP contribution is 2.02. The summed E-state index contributed by atoms with van der Waals surface area (Å²) < 4.78 is 9.83. The number of esters is 2. The Hall–Kier alpha value is -1.08.